The lowest BCUT2D eigenvalue weighted by molar-refractivity contribution is 0.498. The molecule has 0 saturated heterocycles. The number of nitrogens with one attached hydrogen (secondary N) is 1. The molecule has 1 rings (SSSR count). The molecule has 0 saturated carbocycles. The molecular formula is C10H19NSi2. The highest BCUT2D eigenvalue weighted by molar-refractivity contribution is 6.44. The predicted molar refractivity (Wildman–Crippen MR) is 65.9 cm³/mol. The van der Waals surface area contributed by atoms with Crippen LogP contribution in [-0.2, 0) is 5.54 Å². The summed E-state index contributed by atoms with van der Waals surface area (Å²) in [5, 5.41) is 0. The van der Waals surface area contributed by atoms with Gasteiger partial charge in [0.15, 0.2) is 0 Å². The van der Waals surface area contributed by atoms with Gasteiger partial charge in [-0.05, 0) is 19.4 Å². The second-order valence-corrected chi connectivity index (χ2v) is 8.77. The molecule has 0 aliphatic carbocycles. The Morgan fingerprint density at radius 2 is 1.92 bits per heavy atom. The maximum atomic E-state index is 3.70. The van der Waals surface area contributed by atoms with Crippen LogP contribution in [0.1, 0.15) is 19.4 Å². The molecule has 72 valence electrons. The van der Waals surface area contributed by atoms with Gasteiger partial charge in [0, 0.05) is 15.8 Å². The zero-order chi connectivity index (χ0) is 9.73. The van der Waals surface area contributed by atoms with Crippen molar-refractivity contribution < 1.29 is 0 Å². The van der Waals surface area contributed by atoms with Gasteiger partial charge in [-0.15, -0.1) is 0 Å². The fourth-order valence-electron chi connectivity index (χ4n) is 1.39. The molecule has 0 fully saturated rings. The topological polar surface area (TPSA) is 12.0 Å². The highest BCUT2D eigenvalue weighted by Gasteiger charge is 2.17. The summed E-state index contributed by atoms with van der Waals surface area (Å²) in [5.41, 5.74) is 3.03. The maximum absolute atomic E-state index is 3.70. The van der Waals surface area contributed by atoms with Crippen molar-refractivity contribution in [3.63, 3.8) is 0 Å². The Labute approximate surface area is 86.3 Å². The lowest BCUT2D eigenvalue weighted by Crippen LogP contribution is -2.38. The first kappa shape index (κ1) is 10.7. The van der Waals surface area contributed by atoms with Gasteiger partial charge in [-0.25, -0.2) is 0 Å². The summed E-state index contributed by atoms with van der Waals surface area (Å²) in [6, 6.07) is 10.7. The van der Waals surface area contributed by atoms with Gasteiger partial charge in [0.1, 0.15) is 0 Å². The first-order chi connectivity index (χ1) is 6.17. The van der Waals surface area contributed by atoms with Gasteiger partial charge in [-0.3, -0.25) is 0 Å². The van der Waals surface area contributed by atoms with Gasteiger partial charge in [0.2, 0.25) is 0 Å². The van der Waals surface area contributed by atoms with E-state index in [9.17, 15) is 0 Å². The number of hydrogen-bond acceptors (Lipinski definition) is 1. The zero-order valence-corrected chi connectivity index (χ0v) is 12.2. The molecule has 0 aliphatic rings. The average molecular weight is 209 g/mol. The lowest BCUT2D eigenvalue weighted by Gasteiger charge is -2.26. The highest BCUT2D eigenvalue weighted by Crippen LogP contribution is 2.18. The van der Waals surface area contributed by atoms with Crippen molar-refractivity contribution in [2.75, 3.05) is 0 Å². The molecule has 13 heavy (non-hydrogen) atoms. The third-order valence-corrected chi connectivity index (χ3v) is 5.45. The van der Waals surface area contributed by atoms with Crippen molar-refractivity contribution in [2.24, 2.45) is 0 Å². The third kappa shape index (κ3) is 3.10. The van der Waals surface area contributed by atoms with Crippen molar-refractivity contribution in [2.45, 2.75) is 25.1 Å². The quantitative estimate of drug-likeness (QED) is 0.705. The van der Waals surface area contributed by atoms with Gasteiger partial charge >= 0.3 is 0 Å². The summed E-state index contributed by atoms with van der Waals surface area (Å²) >= 11 is 0. The summed E-state index contributed by atoms with van der Waals surface area (Å²) in [6.45, 7) is 4.54. The fraction of sp³-hybridized carbons (Fsp3) is 0.400. The Bertz CT molecular complexity index is 246. The molecule has 0 aromatic heterocycles. The minimum atomic E-state index is -0.0146. The van der Waals surface area contributed by atoms with Crippen molar-refractivity contribution in [3.8, 4) is 0 Å². The standard InChI is InChI=1S/C10H19NSi2/c1-10(2,11-13-8-12)9-6-4-3-5-7-9/h3-7,11H,8,13H2,1-2,12H3. The van der Waals surface area contributed by atoms with E-state index in [-0.39, 0.29) is 15.2 Å². The first-order valence-electron chi connectivity index (χ1n) is 4.97. The van der Waals surface area contributed by atoms with E-state index in [1.165, 1.54) is 21.5 Å². The molecule has 1 N–H and O–H groups in total. The molecule has 0 spiro atoms. The van der Waals surface area contributed by atoms with E-state index >= 15 is 0 Å². The van der Waals surface area contributed by atoms with E-state index in [1.807, 2.05) is 0 Å². The van der Waals surface area contributed by atoms with Crippen LogP contribution in [0.3, 0.4) is 0 Å². The number of benzene rings is 1. The second-order valence-electron chi connectivity index (χ2n) is 3.92. The van der Waals surface area contributed by atoms with Crippen LogP contribution in [-0.4, -0.2) is 19.9 Å². The fourth-order valence-corrected chi connectivity index (χ4v) is 3.22. The van der Waals surface area contributed by atoms with Gasteiger partial charge in [0.25, 0.3) is 0 Å². The minimum absolute atomic E-state index is 0.0146. The molecule has 0 amide bonds. The van der Waals surface area contributed by atoms with Crippen molar-refractivity contribution >= 4 is 19.9 Å². The molecule has 1 aromatic rings. The van der Waals surface area contributed by atoms with E-state index < -0.39 is 0 Å². The summed E-state index contributed by atoms with van der Waals surface area (Å²) in [6.07, 6.45) is 0. The van der Waals surface area contributed by atoms with Crippen LogP contribution in [0.4, 0.5) is 0 Å². The third-order valence-electron chi connectivity index (χ3n) is 2.31. The van der Waals surface area contributed by atoms with Gasteiger partial charge < -0.3 is 4.98 Å². The average Bonchev–Trinajstić information content (AvgIpc) is 2.16. The van der Waals surface area contributed by atoms with E-state index in [2.05, 4.69) is 49.2 Å². The van der Waals surface area contributed by atoms with Crippen LogP contribution in [0.2, 0.25) is 5.67 Å². The first-order valence-corrected chi connectivity index (χ1v) is 8.09. The second kappa shape index (κ2) is 4.74. The van der Waals surface area contributed by atoms with Crippen LogP contribution in [0.5, 0.6) is 0 Å². The minimum Gasteiger partial charge on any atom is -0.334 e. The van der Waals surface area contributed by atoms with E-state index in [0.29, 0.717) is 0 Å². The molecule has 1 aromatic carbocycles. The zero-order valence-electron chi connectivity index (χ0n) is 8.80. The normalized spacial score (nSPS) is 12.8. The molecule has 0 aliphatic heterocycles. The van der Waals surface area contributed by atoms with Gasteiger partial charge in [0.05, 0.1) is 9.68 Å². The van der Waals surface area contributed by atoms with Crippen molar-refractivity contribution in [3.05, 3.63) is 35.9 Å². The number of rotatable bonds is 4. The molecule has 0 heterocycles. The van der Waals surface area contributed by atoms with Crippen LogP contribution < -0.4 is 4.98 Å². The number of hydrogen-bond donors (Lipinski definition) is 1. The van der Waals surface area contributed by atoms with Gasteiger partial charge in [-0.1, -0.05) is 36.0 Å². The summed E-state index contributed by atoms with van der Waals surface area (Å²) in [4.78, 5) is 3.70. The maximum Gasteiger partial charge on any atom is 0.0892 e. The Hall–Kier alpha value is -0.386. The Morgan fingerprint density at radius 3 is 2.46 bits per heavy atom. The Balaban J connectivity index is 2.69. The molecule has 0 atom stereocenters. The summed E-state index contributed by atoms with van der Waals surface area (Å²) in [7, 11) is 1.33. The predicted octanol–water partition coefficient (Wildman–Crippen LogP) is 0.336. The van der Waals surface area contributed by atoms with Crippen LogP contribution >= 0.6 is 0 Å². The molecule has 0 radical (unpaired) electrons. The SMILES string of the molecule is CC(C)(N[SiH2]C[SiH3])c1ccccc1. The molecule has 0 unspecified atom stereocenters. The smallest absolute Gasteiger partial charge is 0.0892 e. The summed E-state index contributed by atoms with van der Waals surface area (Å²) < 4.78 is 0. The molecule has 0 bridgehead atoms. The molecule has 3 heteroatoms. The lowest BCUT2D eigenvalue weighted by atomic mass is 9.96. The van der Waals surface area contributed by atoms with Crippen LogP contribution in [0, 0.1) is 0 Å². The summed E-state index contributed by atoms with van der Waals surface area (Å²) in [5.74, 6) is 0. The van der Waals surface area contributed by atoms with Crippen molar-refractivity contribution in [1.82, 2.24) is 4.98 Å². The largest absolute Gasteiger partial charge is 0.334 e. The van der Waals surface area contributed by atoms with E-state index in [4.69, 9.17) is 0 Å². The van der Waals surface area contributed by atoms with Gasteiger partial charge in [-0.2, -0.15) is 0 Å². The Kier molecular flexibility index (Phi) is 3.90. The Morgan fingerprint density at radius 1 is 1.31 bits per heavy atom. The van der Waals surface area contributed by atoms with E-state index in [0.717, 1.165) is 0 Å². The molecular weight excluding hydrogens is 190 g/mol. The highest BCUT2D eigenvalue weighted by atomic mass is 28.3. The van der Waals surface area contributed by atoms with Crippen molar-refractivity contribution in [1.29, 1.82) is 0 Å². The monoisotopic (exact) mass is 209 g/mol. The van der Waals surface area contributed by atoms with Crippen LogP contribution in [0.25, 0.3) is 0 Å². The van der Waals surface area contributed by atoms with Crippen LogP contribution in [0.15, 0.2) is 30.3 Å². The van der Waals surface area contributed by atoms with E-state index in [1.54, 1.807) is 0 Å². The molecule has 1 nitrogen and oxygen atoms in total.